The lowest BCUT2D eigenvalue weighted by Gasteiger charge is -2.43. The van der Waals surface area contributed by atoms with Gasteiger partial charge in [-0.2, -0.15) is 0 Å². The highest BCUT2D eigenvalue weighted by molar-refractivity contribution is 7.99. The second kappa shape index (κ2) is 8.03. The van der Waals surface area contributed by atoms with Gasteiger partial charge in [-0.3, -0.25) is 9.59 Å². The minimum absolute atomic E-state index is 0.130. The molecule has 2 fully saturated rings. The van der Waals surface area contributed by atoms with E-state index in [4.69, 9.17) is 5.73 Å². The number of thioether (sulfide) groups is 1. The molecular weight excluding hydrogens is 288 g/mol. The maximum atomic E-state index is 12.2. The third kappa shape index (κ3) is 4.61. The summed E-state index contributed by atoms with van der Waals surface area (Å²) >= 11 is 1.48. The van der Waals surface area contributed by atoms with Gasteiger partial charge in [0.1, 0.15) is 0 Å². The van der Waals surface area contributed by atoms with Crippen LogP contribution in [0.5, 0.6) is 0 Å². The van der Waals surface area contributed by atoms with E-state index in [1.807, 2.05) is 0 Å². The summed E-state index contributed by atoms with van der Waals surface area (Å²) in [5.74, 6) is 2.21. The Morgan fingerprint density at radius 1 is 1.29 bits per heavy atom. The number of carbonyl (C=O) groups is 2. The van der Waals surface area contributed by atoms with E-state index in [9.17, 15) is 9.59 Å². The van der Waals surface area contributed by atoms with Crippen LogP contribution in [-0.4, -0.2) is 43.1 Å². The number of amides is 1. The van der Waals surface area contributed by atoms with Gasteiger partial charge in [0, 0.05) is 24.3 Å². The largest absolute Gasteiger partial charge is 0.468 e. The van der Waals surface area contributed by atoms with E-state index < -0.39 is 0 Å². The highest BCUT2D eigenvalue weighted by atomic mass is 32.2. The molecule has 2 aliphatic carbocycles. The molecule has 0 radical (unpaired) electrons. The van der Waals surface area contributed by atoms with Gasteiger partial charge < -0.3 is 15.8 Å². The third-order valence-corrected chi connectivity index (χ3v) is 5.71. The van der Waals surface area contributed by atoms with Crippen LogP contribution < -0.4 is 11.1 Å². The maximum absolute atomic E-state index is 12.2. The first-order valence-electron chi connectivity index (χ1n) is 7.79. The van der Waals surface area contributed by atoms with E-state index in [2.05, 4.69) is 10.1 Å². The Morgan fingerprint density at radius 2 is 1.95 bits per heavy atom. The Labute approximate surface area is 130 Å². The van der Waals surface area contributed by atoms with Crippen molar-refractivity contribution in [3.05, 3.63) is 0 Å². The van der Waals surface area contributed by atoms with Crippen LogP contribution in [0.15, 0.2) is 0 Å². The normalized spacial score (nSPS) is 31.5. The van der Waals surface area contributed by atoms with Crippen LogP contribution in [0, 0.1) is 17.8 Å². The fourth-order valence-corrected chi connectivity index (χ4v) is 4.28. The number of hydrogen-bond donors (Lipinski definition) is 2. The summed E-state index contributed by atoms with van der Waals surface area (Å²) in [5, 5.41) is 3.00. The van der Waals surface area contributed by atoms with Crippen LogP contribution in [0.3, 0.4) is 0 Å². The number of hydrogen-bond acceptors (Lipinski definition) is 5. The first-order valence-corrected chi connectivity index (χ1v) is 8.95. The Hall–Kier alpha value is -0.750. The Balaban J connectivity index is 1.66. The zero-order chi connectivity index (χ0) is 15.2. The monoisotopic (exact) mass is 314 g/mol. The summed E-state index contributed by atoms with van der Waals surface area (Å²) in [6.45, 7) is 0.610. The number of nitrogens with two attached hydrogens (primary N) is 1. The Kier molecular flexibility index (Phi) is 6.36. The molecule has 0 aliphatic heterocycles. The molecule has 0 saturated heterocycles. The molecule has 21 heavy (non-hydrogen) atoms. The van der Waals surface area contributed by atoms with Crippen molar-refractivity contribution in [2.75, 3.05) is 25.2 Å². The maximum Gasteiger partial charge on any atom is 0.315 e. The predicted molar refractivity (Wildman–Crippen MR) is 83.9 cm³/mol. The molecule has 0 heterocycles. The molecule has 2 bridgehead atoms. The minimum Gasteiger partial charge on any atom is -0.468 e. The Bertz CT molecular complexity index is 364. The summed E-state index contributed by atoms with van der Waals surface area (Å²) in [6, 6.07) is 0.304. The first-order chi connectivity index (χ1) is 10.1. The molecule has 2 atom stereocenters. The molecule has 3 N–H and O–H groups in total. The molecule has 120 valence electrons. The van der Waals surface area contributed by atoms with Gasteiger partial charge in [-0.25, -0.2) is 0 Å². The van der Waals surface area contributed by atoms with Crippen LogP contribution in [-0.2, 0) is 14.3 Å². The van der Waals surface area contributed by atoms with Crippen LogP contribution >= 0.6 is 11.8 Å². The SMILES string of the molecule is COC(=O)CSCCNC(=O)C1CC2CCCC(C1)C2N. The van der Waals surface area contributed by atoms with Crippen molar-refractivity contribution in [2.45, 2.75) is 38.1 Å². The van der Waals surface area contributed by atoms with E-state index in [0.29, 0.717) is 30.2 Å². The molecule has 2 aliphatic rings. The smallest absolute Gasteiger partial charge is 0.315 e. The lowest BCUT2D eigenvalue weighted by Crippen LogP contribution is -2.49. The van der Waals surface area contributed by atoms with Crippen molar-refractivity contribution in [2.24, 2.45) is 23.5 Å². The summed E-state index contributed by atoms with van der Waals surface area (Å²) in [7, 11) is 1.38. The van der Waals surface area contributed by atoms with Gasteiger partial charge in [-0.1, -0.05) is 6.42 Å². The zero-order valence-corrected chi connectivity index (χ0v) is 13.5. The fraction of sp³-hybridized carbons (Fsp3) is 0.867. The van der Waals surface area contributed by atoms with Crippen LogP contribution in [0.1, 0.15) is 32.1 Å². The molecule has 0 aromatic rings. The summed E-state index contributed by atoms with van der Waals surface area (Å²) in [5.41, 5.74) is 6.25. The summed E-state index contributed by atoms with van der Waals surface area (Å²) in [4.78, 5) is 23.2. The molecule has 0 aromatic carbocycles. The molecule has 2 saturated carbocycles. The molecule has 2 unspecified atom stereocenters. The van der Waals surface area contributed by atoms with Gasteiger partial charge in [0.2, 0.25) is 5.91 Å². The van der Waals surface area contributed by atoms with Crippen molar-refractivity contribution in [3.63, 3.8) is 0 Å². The molecule has 2 rings (SSSR count). The van der Waals surface area contributed by atoms with Crippen molar-refractivity contribution in [1.82, 2.24) is 5.32 Å². The third-order valence-electron chi connectivity index (χ3n) is 4.78. The summed E-state index contributed by atoms with van der Waals surface area (Å²) < 4.78 is 4.57. The van der Waals surface area contributed by atoms with Crippen molar-refractivity contribution < 1.29 is 14.3 Å². The van der Waals surface area contributed by atoms with Gasteiger partial charge in [0.05, 0.1) is 12.9 Å². The molecule has 5 nitrogen and oxygen atoms in total. The van der Waals surface area contributed by atoms with Gasteiger partial charge >= 0.3 is 5.97 Å². The Morgan fingerprint density at radius 3 is 2.57 bits per heavy atom. The predicted octanol–water partition coefficient (Wildman–Crippen LogP) is 1.16. The number of fused-ring (bicyclic) bond motifs is 2. The molecule has 1 amide bonds. The highest BCUT2D eigenvalue weighted by Gasteiger charge is 2.40. The van der Waals surface area contributed by atoms with E-state index in [0.717, 1.165) is 18.6 Å². The fourth-order valence-electron chi connectivity index (χ4n) is 3.61. The average Bonchev–Trinajstić information content (AvgIpc) is 2.46. The minimum atomic E-state index is -0.222. The zero-order valence-electron chi connectivity index (χ0n) is 12.7. The van der Waals surface area contributed by atoms with Gasteiger partial charge in [-0.05, 0) is 37.5 Å². The van der Waals surface area contributed by atoms with E-state index in [1.165, 1.54) is 38.1 Å². The second-order valence-corrected chi connectivity index (χ2v) is 7.22. The van der Waals surface area contributed by atoms with E-state index >= 15 is 0 Å². The summed E-state index contributed by atoms with van der Waals surface area (Å²) in [6.07, 6.45) is 5.51. The second-order valence-electron chi connectivity index (χ2n) is 6.12. The highest BCUT2D eigenvalue weighted by Crippen LogP contribution is 2.41. The van der Waals surface area contributed by atoms with Gasteiger partial charge in [0.15, 0.2) is 0 Å². The number of carbonyl (C=O) groups excluding carboxylic acids is 2. The number of methoxy groups -OCH3 is 1. The topological polar surface area (TPSA) is 81.4 Å². The average molecular weight is 314 g/mol. The van der Waals surface area contributed by atoms with E-state index in [-0.39, 0.29) is 17.8 Å². The van der Waals surface area contributed by atoms with Crippen LogP contribution in [0.25, 0.3) is 0 Å². The van der Waals surface area contributed by atoms with Crippen molar-refractivity contribution in [1.29, 1.82) is 0 Å². The molecule has 0 aromatic heterocycles. The number of esters is 1. The molecular formula is C15H26N2O3S. The first kappa shape index (κ1) is 16.6. The van der Waals surface area contributed by atoms with Gasteiger partial charge in [-0.15, -0.1) is 11.8 Å². The molecule has 0 spiro atoms. The number of rotatable bonds is 6. The quantitative estimate of drug-likeness (QED) is 0.568. The van der Waals surface area contributed by atoms with Crippen LogP contribution in [0.4, 0.5) is 0 Å². The van der Waals surface area contributed by atoms with Crippen molar-refractivity contribution >= 4 is 23.6 Å². The number of ether oxygens (including phenoxy) is 1. The van der Waals surface area contributed by atoms with Crippen LogP contribution in [0.2, 0.25) is 0 Å². The number of nitrogens with one attached hydrogen (secondary N) is 1. The standard InChI is InChI=1S/C15H26N2O3S/c1-20-13(18)9-21-6-5-17-15(19)12-7-10-3-2-4-11(8-12)14(10)16/h10-12,14H,2-9,16H2,1H3,(H,17,19). The van der Waals surface area contributed by atoms with Gasteiger partial charge in [0.25, 0.3) is 0 Å². The lowest BCUT2D eigenvalue weighted by molar-refractivity contribution is -0.137. The molecule has 6 heteroatoms. The lowest BCUT2D eigenvalue weighted by atomic mass is 9.65. The van der Waals surface area contributed by atoms with E-state index in [1.54, 1.807) is 0 Å². The van der Waals surface area contributed by atoms with Crippen molar-refractivity contribution in [3.8, 4) is 0 Å².